The Kier molecular flexibility index (Phi) is 3.67. The van der Waals surface area contributed by atoms with Crippen LogP contribution in [0.3, 0.4) is 0 Å². The van der Waals surface area contributed by atoms with Gasteiger partial charge in [0, 0.05) is 17.5 Å². The number of thiazole rings is 1. The molecule has 1 aromatic heterocycles. The summed E-state index contributed by atoms with van der Waals surface area (Å²) in [6.07, 6.45) is 4.95. The first-order valence-electron chi connectivity index (χ1n) is 7.67. The fourth-order valence-electron chi connectivity index (χ4n) is 3.93. The maximum Gasteiger partial charge on any atom is 0.115 e. The van der Waals surface area contributed by atoms with Gasteiger partial charge in [0.2, 0.25) is 0 Å². The Labute approximate surface area is 120 Å². The van der Waals surface area contributed by atoms with Crippen molar-refractivity contribution in [2.24, 2.45) is 0 Å². The van der Waals surface area contributed by atoms with Crippen molar-refractivity contribution in [2.45, 2.75) is 58.0 Å². The van der Waals surface area contributed by atoms with E-state index in [4.69, 9.17) is 4.98 Å². The summed E-state index contributed by atoms with van der Waals surface area (Å²) in [4.78, 5) is 9.07. The predicted octanol–water partition coefficient (Wildman–Crippen LogP) is 2.69. The van der Waals surface area contributed by atoms with Gasteiger partial charge < -0.3 is 5.32 Å². The number of fused-ring (bicyclic) bond motifs is 1. The molecule has 0 aromatic carbocycles. The number of hydrogen-bond acceptors (Lipinski definition) is 4. The lowest BCUT2D eigenvalue weighted by molar-refractivity contribution is 0.227. The maximum atomic E-state index is 4.99. The summed E-state index contributed by atoms with van der Waals surface area (Å²) in [5.41, 5.74) is 1.43. The predicted molar refractivity (Wildman–Crippen MR) is 80.8 cm³/mol. The van der Waals surface area contributed by atoms with Gasteiger partial charge in [-0.1, -0.05) is 13.8 Å². The molecule has 2 atom stereocenters. The molecule has 0 spiro atoms. The molecule has 1 N–H and O–H groups in total. The molecule has 2 unspecified atom stereocenters. The van der Waals surface area contributed by atoms with Crippen molar-refractivity contribution < 1.29 is 0 Å². The lowest BCUT2D eigenvalue weighted by Crippen LogP contribution is -2.50. The standard InChI is InChI=1S/C15H25N3S/c1-4-12-11(3)19-14(17-12)15(16-5-2)8-10-18-9-6-7-13(15)18/h13,16H,4-10H2,1-3H3. The van der Waals surface area contributed by atoms with E-state index in [0.717, 1.165) is 13.0 Å². The fraction of sp³-hybridized carbons (Fsp3) is 0.800. The van der Waals surface area contributed by atoms with Crippen molar-refractivity contribution in [3.63, 3.8) is 0 Å². The van der Waals surface area contributed by atoms with Crippen molar-refractivity contribution >= 4 is 11.3 Å². The van der Waals surface area contributed by atoms with Gasteiger partial charge in [0.25, 0.3) is 0 Å². The lowest BCUT2D eigenvalue weighted by atomic mass is 9.89. The summed E-state index contributed by atoms with van der Waals surface area (Å²) < 4.78 is 0. The number of nitrogens with one attached hydrogen (secondary N) is 1. The number of nitrogens with zero attached hydrogens (tertiary/aromatic N) is 2. The van der Waals surface area contributed by atoms with Crippen molar-refractivity contribution in [3.8, 4) is 0 Å². The Hall–Kier alpha value is -0.450. The third-order valence-corrected chi connectivity index (χ3v) is 6.02. The summed E-state index contributed by atoms with van der Waals surface area (Å²) in [7, 11) is 0. The van der Waals surface area contributed by atoms with E-state index in [2.05, 4.69) is 31.0 Å². The molecule has 2 aliphatic heterocycles. The molecule has 3 heterocycles. The first-order valence-corrected chi connectivity index (χ1v) is 8.48. The monoisotopic (exact) mass is 279 g/mol. The van der Waals surface area contributed by atoms with Crippen LogP contribution in [0.4, 0.5) is 0 Å². The molecule has 2 fully saturated rings. The normalized spacial score (nSPS) is 31.0. The summed E-state index contributed by atoms with van der Waals surface area (Å²) in [6.45, 7) is 10.2. The van der Waals surface area contributed by atoms with Gasteiger partial charge in [0.1, 0.15) is 5.01 Å². The van der Waals surface area contributed by atoms with Crippen LogP contribution in [0.5, 0.6) is 0 Å². The second-order valence-electron chi connectivity index (χ2n) is 5.82. The van der Waals surface area contributed by atoms with Gasteiger partial charge in [-0.3, -0.25) is 4.90 Å². The third-order valence-electron chi connectivity index (χ3n) is 4.83. The van der Waals surface area contributed by atoms with Gasteiger partial charge in [-0.15, -0.1) is 11.3 Å². The zero-order chi connectivity index (χ0) is 13.5. The van der Waals surface area contributed by atoms with E-state index >= 15 is 0 Å². The van der Waals surface area contributed by atoms with Gasteiger partial charge in [-0.2, -0.15) is 0 Å². The second kappa shape index (κ2) is 5.15. The summed E-state index contributed by atoms with van der Waals surface area (Å²) in [5, 5.41) is 5.16. The summed E-state index contributed by atoms with van der Waals surface area (Å²) in [5.74, 6) is 0. The van der Waals surface area contributed by atoms with Gasteiger partial charge in [-0.25, -0.2) is 4.98 Å². The van der Waals surface area contributed by atoms with Crippen LogP contribution in [0, 0.1) is 6.92 Å². The first kappa shape index (κ1) is 13.5. The summed E-state index contributed by atoms with van der Waals surface area (Å²) in [6, 6.07) is 0.669. The van der Waals surface area contributed by atoms with Crippen molar-refractivity contribution in [1.29, 1.82) is 0 Å². The van der Waals surface area contributed by atoms with Crippen molar-refractivity contribution in [3.05, 3.63) is 15.6 Å². The number of likely N-dealkylation sites (N-methyl/N-ethyl adjacent to an activating group) is 1. The Morgan fingerprint density at radius 2 is 2.26 bits per heavy atom. The molecule has 106 valence electrons. The molecule has 0 radical (unpaired) electrons. The molecular formula is C15H25N3S. The van der Waals surface area contributed by atoms with E-state index in [9.17, 15) is 0 Å². The molecule has 1 aromatic rings. The van der Waals surface area contributed by atoms with E-state index in [0.29, 0.717) is 6.04 Å². The van der Waals surface area contributed by atoms with Gasteiger partial charge in [0.15, 0.2) is 0 Å². The van der Waals surface area contributed by atoms with Crippen molar-refractivity contribution in [2.75, 3.05) is 19.6 Å². The molecule has 0 aliphatic carbocycles. The van der Waals surface area contributed by atoms with Crippen molar-refractivity contribution in [1.82, 2.24) is 15.2 Å². The minimum absolute atomic E-state index is 0.133. The lowest BCUT2D eigenvalue weighted by Gasteiger charge is -2.34. The highest BCUT2D eigenvalue weighted by molar-refractivity contribution is 7.11. The number of aryl methyl sites for hydroxylation is 2. The minimum Gasteiger partial charge on any atom is -0.304 e. The Morgan fingerprint density at radius 3 is 2.95 bits per heavy atom. The van der Waals surface area contributed by atoms with Gasteiger partial charge in [0.05, 0.1) is 11.2 Å². The highest BCUT2D eigenvalue weighted by Gasteiger charge is 2.51. The van der Waals surface area contributed by atoms with Crippen LogP contribution in [0.15, 0.2) is 0 Å². The van der Waals surface area contributed by atoms with Crippen LogP contribution < -0.4 is 5.32 Å². The SMILES string of the molecule is CCNC1(c2nc(CC)c(C)s2)CCN2CCCC21. The molecule has 0 saturated carbocycles. The molecule has 0 amide bonds. The highest BCUT2D eigenvalue weighted by Crippen LogP contribution is 2.44. The topological polar surface area (TPSA) is 28.2 Å². The number of hydrogen-bond donors (Lipinski definition) is 1. The van der Waals surface area contributed by atoms with Crippen LogP contribution in [0.25, 0.3) is 0 Å². The molecule has 2 saturated heterocycles. The second-order valence-corrected chi connectivity index (χ2v) is 7.02. The largest absolute Gasteiger partial charge is 0.304 e. The third kappa shape index (κ3) is 2.05. The number of rotatable bonds is 4. The first-order chi connectivity index (χ1) is 9.21. The molecule has 19 heavy (non-hydrogen) atoms. The molecular weight excluding hydrogens is 254 g/mol. The Bertz CT molecular complexity index is 452. The van der Waals surface area contributed by atoms with Crippen LogP contribution in [0.1, 0.15) is 48.7 Å². The van der Waals surface area contributed by atoms with Crippen LogP contribution in [-0.4, -0.2) is 35.6 Å². The van der Waals surface area contributed by atoms with E-state index in [1.807, 2.05) is 11.3 Å². The van der Waals surface area contributed by atoms with E-state index in [1.54, 1.807) is 0 Å². The zero-order valence-corrected chi connectivity index (χ0v) is 13.1. The molecule has 3 nitrogen and oxygen atoms in total. The minimum atomic E-state index is 0.133. The highest BCUT2D eigenvalue weighted by atomic mass is 32.1. The van der Waals surface area contributed by atoms with Crippen LogP contribution in [-0.2, 0) is 12.0 Å². The smallest absolute Gasteiger partial charge is 0.115 e. The zero-order valence-electron chi connectivity index (χ0n) is 12.3. The average molecular weight is 279 g/mol. The molecule has 3 rings (SSSR count). The maximum absolute atomic E-state index is 4.99. The molecule has 0 bridgehead atoms. The van der Waals surface area contributed by atoms with E-state index < -0.39 is 0 Å². The quantitative estimate of drug-likeness (QED) is 0.918. The number of aromatic nitrogens is 1. The summed E-state index contributed by atoms with van der Waals surface area (Å²) >= 11 is 1.92. The van der Waals surface area contributed by atoms with Gasteiger partial charge in [-0.05, 0) is 45.7 Å². The van der Waals surface area contributed by atoms with Gasteiger partial charge >= 0.3 is 0 Å². The molecule has 4 heteroatoms. The van der Waals surface area contributed by atoms with E-state index in [-0.39, 0.29) is 5.54 Å². The van der Waals surface area contributed by atoms with E-state index in [1.165, 1.54) is 47.9 Å². The van der Waals surface area contributed by atoms with Crippen LogP contribution in [0.2, 0.25) is 0 Å². The fourth-order valence-corrected chi connectivity index (χ4v) is 5.18. The average Bonchev–Trinajstić information content (AvgIpc) is 3.06. The van der Waals surface area contributed by atoms with Crippen LogP contribution >= 0.6 is 11.3 Å². The molecule has 2 aliphatic rings. The Morgan fingerprint density at radius 1 is 1.42 bits per heavy atom. The Balaban J connectivity index is 2.00.